The average molecular weight is 346 g/mol. The van der Waals surface area contributed by atoms with Crippen molar-refractivity contribution in [3.8, 4) is 5.75 Å². The van der Waals surface area contributed by atoms with Crippen LogP contribution in [-0.4, -0.2) is 12.5 Å². The Bertz CT molecular complexity index is 621. The number of anilines is 1. The van der Waals surface area contributed by atoms with E-state index in [2.05, 4.69) is 21.2 Å². The minimum Gasteiger partial charge on any atom is -0.494 e. The molecule has 0 heterocycles. The van der Waals surface area contributed by atoms with E-state index >= 15 is 0 Å². The Balaban J connectivity index is 2.02. The second-order valence-corrected chi connectivity index (χ2v) is 5.17. The molecule has 2 aromatic rings. The first-order chi connectivity index (χ1) is 10.2. The summed E-state index contributed by atoms with van der Waals surface area (Å²) in [7, 11) is 0. The van der Waals surface area contributed by atoms with Gasteiger partial charge in [-0.3, -0.25) is 4.79 Å². The van der Waals surface area contributed by atoms with E-state index in [0.29, 0.717) is 11.1 Å². The Morgan fingerprint density at radius 2 is 1.81 bits per heavy atom. The van der Waals surface area contributed by atoms with Crippen LogP contribution in [0.15, 0.2) is 59.1 Å². The number of halogens is 1. The van der Waals surface area contributed by atoms with Gasteiger partial charge in [0.15, 0.2) is 0 Å². The molecule has 21 heavy (non-hydrogen) atoms. The average Bonchev–Trinajstić information content (AvgIpc) is 2.50. The first kappa shape index (κ1) is 15.3. The summed E-state index contributed by atoms with van der Waals surface area (Å²) in [5.41, 5.74) is 1.69. The van der Waals surface area contributed by atoms with Crippen LogP contribution in [-0.2, 0) is 4.79 Å². The maximum Gasteiger partial charge on any atom is 0.262 e. The third-order valence-electron chi connectivity index (χ3n) is 2.73. The van der Waals surface area contributed by atoms with Crippen molar-refractivity contribution in [2.75, 3.05) is 11.9 Å². The van der Waals surface area contributed by atoms with Gasteiger partial charge in [-0.25, -0.2) is 0 Å². The van der Waals surface area contributed by atoms with Gasteiger partial charge in [-0.05, 0) is 58.8 Å². The largest absolute Gasteiger partial charge is 0.494 e. The van der Waals surface area contributed by atoms with Gasteiger partial charge >= 0.3 is 0 Å². The van der Waals surface area contributed by atoms with E-state index in [1.807, 2.05) is 61.5 Å². The van der Waals surface area contributed by atoms with Gasteiger partial charge in [0.05, 0.1) is 11.1 Å². The van der Waals surface area contributed by atoms with Gasteiger partial charge in [0, 0.05) is 5.69 Å². The predicted octanol–water partition coefficient (Wildman–Crippen LogP) is 4.46. The molecule has 0 radical (unpaired) electrons. The summed E-state index contributed by atoms with van der Waals surface area (Å²) in [6.45, 7) is 2.55. The number of benzene rings is 2. The van der Waals surface area contributed by atoms with Crippen LogP contribution in [0.5, 0.6) is 5.75 Å². The summed E-state index contributed by atoms with van der Waals surface area (Å²) in [5, 5.41) is 2.82. The fourth-order valence-electron chi connectivity index (χ4n) is 1.75. The Kier molecular flexibility index (Phi) is 5.58. The highest BCUT2D eigenvalue weighted by Gasteiger charge is 2.06. The highest BCUT2D eigenvalue weighted by atomic mass is 79.9. The van der Waals surface area contributed by atoms with Crippen LogP contribution < -0.4 is 10.1 Å². The summed E-state index contributed by atoms with van der Waals surface area (Å²) >= 11 is 3.30. The Hall–Kier alpha value is -2.07. The maximum atomic E-state index is 12.1. The molecule has 0 aliphatic heterocycles. The van der Waals surface area contributed by atoms with Crippen LogP contribution in [0.1, 0.15) is 12.5 Å². The number of nitrogens with one attached hydrogen (secondary N) is 1. The zero-order valence-electron chi connectivity index (χ0n) is 11.7. The molecule has 0 aliphatic carbocycles. The van der Waals surface area contributed by atoms with Crippen molar-refractivity contribution < 1.29 is 9.53 Å². The second kappa shape index (κ2) is 7.64. The molecule has 0 atom stereocenters. The van der Waals surface area contributed by atoms with Crippen molar-refractivity contribution in [3.05, 3.63) is 64.6 Å². The molecule has 0 bridgehead atoms. The van der Waals surface area contributed by atoms with Gasteiger partial charge in [-0.2, -0.15) is 0 Å². The molecule has 1 N–H and O–H groups in total. The standard InChI is InChI=1S/C17H16BrNO2/c1-2-21-15-10-8-14(9-11-15)19-17(20)16(18)12-13-6-4-3-5-7-13/h3-12H,2H2,1H3,(H,19,20)/b16-12-. The van der Waals surface area contributed by atoms with Gasteiger partial charge in [0.1, 0.15) is 5.75 Å². The zero-order chi connectivity index (χ0) is 15.1. The molecule has 0 aromatic heterocycles. The molecule has 0 unspecified atom stereocenters. The van der Waals surface area contributed by atoms with Crippen LogP contribution in [0.3, 0.4) is 0 Å². The summed E-state index contributed by atoms with van der Waals surface area (Å²) < 4.78 is 5.83. The van der Waals surface area contributed by atoms with Crippen molar-refractivity contribution in [2.24, 2.45) is 0 Å². The molecule has 2 rings (SSSR count). The molecule has 1 amide bonds. The topological polar surface area (TPSA) is 38.3 Å². The van der Waals surface area contributed by atoms with Gasteiger partial charge in [-0.15, -0.1) is 0 Å². The lowest BCUT2D eigenvalue weighted by Gasteiger charge is -2.06. The van der Waals surface area contributed by atoms with Crippen LogP contribution in [0, 0.1) is 0 Å². The number of carbonyl (C=O) groups is 1. The highest BCUT2D eigenvalue weighted by Crippen LogP contribution is 2.18. The number of ether oxygens (including phenoxy) is 1. The van der Waals surface area contributed by atoms with E-state index in [1.54, 1.807) is 6.08 Å². The van der Waals surface area contributed by atoms with Crippen LogP contribution in [0.2, 0.25) is 0 Å². The SMILES string of the molecule is CCOc1ccc(NC(=O)/C(Br)=C/c2ccccc2)cc1. The second-order valence-electron chi connectivity index (χ2n) is 4.31. The number of carbonyl (C=O) groups excluding carboxylic acids is 1. The number of hydrogen-bond donors (Lipinski definition) is 1. The molecule has 2 aromatic carbocycles. The fraction of sp³-hybridized carbons (Fsp3) is 0.118. The number of amides is 1. The van der Waals surface area contributed by atoms with Gasteiger partial charge in [0.25, 0.3) is 5.91 Å². The van der Waals surface area contributed by atoms with E-state index in [9.17, 15) is 4.79 Å². The molecule has 0 spiro atoms. The third kappa shape index (κ3) is 4.76. The summed E-state index contributed by atoms with van der Waals surface area (Å²) in [5.74, 6) is 0.595. The minimum atomic E-state index is -0.192. The minimum absolute atomic E-state index is 0.192. The molecule has 108 valence electrons. The Labute approximate surface area is 132 Å². The lowest BCUT2D eigenvalue weighted by molar-refractivity contribution is -0.112. The van der Waals surface area contributed by atoms with Crippen molar-refractivity contribution in [3.63, 3.8) is 0 Å². The number of rotatable bonds is 5. The summed E-state index contributed by atoms with van der Waals surface area (Å²) in [6.07, 6.45) is 1.78. The van der Waals surface area contributed by atoms with Crippen molar-refractivity contribution >= 4 is 33.6 Å². The predicted molar refractivity (Wildman–Crippen MR) is 89.6 cm³/mol. The van der Waals surface area contributed by atoms with Crippen LogP contribution in [0.25, 0.3) is 6.08 Å². The fourth-order valence-corrected chi connectivity index (χ4v) is 2.12. The number of hydrogen-bond acceptors (Lipinski definition) is 2. The molecule has 0 saturated carbocycles. The van der Waals surface area contributed by atoms with Gasteiger partial charge in [0.2, 0.25) is 0 Å². The maximum absolute atomic E-state index is 12.1. The van der Waals surface area contributed by atoms with Crippen molar-refractivity contribution in [1.82, 2.24) is 0 Å². The van der Waals surface area contributed by atoms with Crippen LogP contribution >= 0.6 is 15.9 Å². The highest BCUT2D eigenvalue weighted by molar-refractivity contribution is 9.12. The smallest absolute Gasteiger partial charge is 0.262 e. The first-order valence-corrected chi connectivity index (χ1v) is 7.45. The van der Waals surface area contributed by atoms with E-state index in [4.69, 9.17) is 4.74 Å². The molecular weight excluding hydrogens is 330 g/mol. The summed E-state index contributed by atoms with van der Waals surface area (Å²) in [4.78, 5) is 12.1. The summed E-state index contributed by atoms with van der Waals surface area (Å²) in [6, 6.07) is 16.9. The van der Waals surface area contributed by atoms with E-state index in [1.165, 1.54) is 0 Å². The third-order valence-corrected chi connectivity index (χ3v) is 3.32. The quantitative estimate of drug-likeness (QED) is 0.812. The normalized spacial score (nSPS) is 11.0. The molecule has 0 fully saturated rings. The van der Waals surface area contributed by atoms with Crippen molar-refractivity contribution in [1.29, 1.82) is 0 Å². The lowest BCUT2D eigenvalue weighted by Crippen LogP contribution is -2.11. The van der Waals surface area contributed by atoms with E-state index in [0.717, 1.165) is 17.0 Å². The molecular formula is C17H16BrNO2. The van der Waals surface area contributed by atoms with Crippen molar-refractivity contribution in [2.45, 2.75) is 6.92 Å². The molecule has 0 aliphatic rings. The first-order valence-electron chi connectivity index (χ1n) is 6.65. The lowest BCUT2D eigenvalue weighted by atomic mass is 10.2. The Morgan fingerprint density at radius 1 is 1.14 bits per heavy atom. The van der Waals surface area contributed by atoms with Crippen LogP contribution in [0.4, 0.5) is 5.69 Å². The zero-order valence-corrected chi connectivity index (χ0v) is 13.3. The van der Waals surface area contributed by atoms with E-state index in [-0.39, 0.29) is 5.91 Å². The molecule has 3 nitrogen and oxygen atoms in total. The monoisotopic (exact) mass is 345 g/mol. The van der Waals surface area contributed by atoms with E-state index < -0.39 is 0 Å². The van der Waals surface area contributed by atoms with Gasteiger partial charge in [-0.1, -0.05) is 30.3 Å². The Morgan fingerprint density at radius 3 is 2.43 bits per heavy atom. The molecule has 4 heteroatoms. The molecule has 0 saturated heterocycles. The van der Waals surface area contributed by atoms with Gasteiger partial charge < -0.3 is 10.1 Å².